The van der Waals surface area contributed by atoms with E-state index in [1.165, 1.54) is 6.92 Å². The summed E-state index contributed by atoms with van der Waals surface area (Å²) < 4.78 is 3.68. The molecule has 1 aliphatic heterocycles. The molecular weight excluding hydrogens is 344 g/mol. The van der Waals surface area contributed by atoms with Crippen molar-refractivity contribution in [1.29, 1.82) is 0 Å². The van der Waals surface area contributed by atoms with E-state index in [0.29, 0.717) is 18.7 Å². The highest BCUT2D eigenvalue weighted by atomic mass is 16.2. The number of carbonyl (C=O) groups is 2. The summed E-state index contributed by atoms with van der Waals surface area (Å²) in [6.45, 7) is 10.6. The van der Waals surface area contributed by atoms with Crippen molar-refractivity contribution in [2.75, 3.05) is 13.1 Å². The van der Waals surface area contributed by atoms with Crippen molar-refractivity contribution in [1.82, 2.24) is 29.8 Å². The number of hydrogen-bond donors (Lipinski definition) is 1. The standard InChI is InChI=1S/C19H28N6O2/c1-12-14(9-21-25(12)19(3,4)5)18(27)24-10-15(16(11-24)22-13(2)26)17-7-8-20-23(17)6/h7-9,15-16H,10-11H2,1-6H3,(H,22,26)/t15-,16-/m1/s1. The van der Waals surface area contributed by atoms with Gasteiger partial charge in [0, 0.05) is 50.6 Å². The van der Waals surface area contributed by atoms with Crippen LogP contribution in [0.5, 0.6) is 0 Å². The molecule has 0 saturated carbocycles. The Hall–Kier alpha value is -2.64. The van der Waals surface area contributed by atoms with Crippen molar-refractivity contribution in [2.24, 2.45) is 7.05 Å². The van der Waals surface area contributed by atoms with E-state index >= 15 is 0 Å². The molecule has 0 unspecified atom stereocenters. The molecule has 0 aliphatic carbocycles. The van der Waals surface area contributed by atoms with Crippen LogP contribution in [-0.4, -0.2) is 55.4 Å². The van der Waals surface area contributed by atoms with E-state index in [0.717, 1.165) is 11.4 Å². The second-order valence-corrected chi connectivity index (χ2v) is 8.23. The molecule has 1 N–H and O–H groups in total. The summed E-state index contributed by atoms with van der Waals surface area (Å²) in [6, 6.07) is 1.80. The highest BCUT2D eigenvalue weighted by molar-refractivity contribution is 5.95. The normalized spacial score (nSPS) is 20.1. The predicted molar refractivity (Wildman–Crippen MR) is 101 cm³/mol. The maximum Gasteiger partial charge on any atom is 0.257 e. The van der Waals surface area contributed by atoms with Crippen molar-refractivity contribution >= 4 is 11.8 Å². The molecule has 2 atom stereocenters. The molecule has 27 heavy (non-hydrogen) atoms. The zero-order chi connectivity index (χ0) is 19.9. The molecule has 1 fully saturated rings. The maximum atomic E-state index is 13.2. The van der Waals surface area contributed by atoms with Crippen LogP contribution in [0.1, 0.15) is 55.4 Å². The Balaban J connectivity index is 1.87. The lowest BCUT2D eigenvalue weighted by atomic mass is 9.99. The molecule has 0 aromatic carbocycles. The van der Waals surface area contributed by atoms with Crippen LogP contribution in [0.4, 0.5) is 0 Å². The van der Waals surface area contributed by atoms with E-state index < -0.39 is 0 Å². The van der Waals surface area contributed by atoms with Crippen LogP contribution >= 0.6 is 0 Å². The van der Waals surface area contributed by atoms with Gasteiger partial charge >= 0.3 is 0 Å². The molecule has 0 spiro atoms. The van der Waals surface area contributed by atoms with Gasteiger partial charge in [-0.3, -0.25) is 19.0 Å². The number of nitrogens with zero attached hydrogens (tertiary/aromatic N) is 5. The van der Waals surface area contributed by atoms with Crippen molar-refractivity contribution in [3.8, 4) is 0 Å². The third kappa shape index (κ3) is 3.61. The SMILES string of the molecule is CC(=O)N[C@@H]1CN(C(=O)c2cnn(C(C)(C)C)c2C)C[C@H]1c1ccnn1C. The average Bonchev–Trinajstić information content (AvgIpc) is 3.24. The minimum atomic E-state index is -0.191. The summed E-state index contributed by atoms with van der Waals surface area (Å²) in [7, 11) is 1.88. The minimum absolute atomic E-state index is 0.00307. The van der Waals surface area contributed by atoms with Crippen LogP contribution in [0, 0.1) is 6.92 Å². The van der Waals surface area contributed by atoms with E-state index in [-0.39, 0.29) is 29.3 Å². The quantitative estimate of drug-likeness (QED) is 0.883. The van der Waals surface area contributed by atoms with Gasteiger partial charge in [0.05, 0.1) is 23.3 Å². The van der Waals surface area contributed by atoms with Crippen LogP contribution in [0.25, 0.3) is 0 Å². The predicted octanol–water partition coefficient (Wildman–Crippen LogP) is 1.42. The van der Waals surface area contributed by atoms with E-state index in [9.17, 15) is 9.59 Å². The second-order valence-electron chi connectivity index (χ2n) is 8.23. The van der Waals surface area contributed by atoms with Crippen molar-refractivity contribution in [2.45, 2.75) is 52.1 Å². The summed E-state index contributed by atoms with van der Waals surface area (Å²) in [6.07, 6.45) is 3.38. The molecule has 1 saturated heterocycles. The monoisotopic (exact) mass is 372 g/mol. The first kappa shape index (κ1) is 19.1. The molecule has 8 heteroatoms. The second kappa shape index (κ2) is 6.83. The lowest BCUT2D eigenvalue weighted by Gasteiger charge is -2.22. The van der Waals surface area contributed by atoms with Gasteiger partial charge in [-0.25, -0.2) is 0 Å². The first-order chi connectivity index (χ1) is 12.6. The molecule has 3 heterocycles. The van der Waals surface area contributed by atoms with Crippen LogP contribution in [0.15, 0.2) is 18.5 Å². The first-order valence-electron chi connectivity index (χ1n) is 9.19. The topological polar surface area (TPSA) is 85.1 Å². The van der Waals surface area contributed by atoms with Crippen LogP contribution in [-0.2, 0) is 17.4 Å². The molecule has 8 nitrogen and oxygen atoms in total. The number of rotatable bonds is 3. The van der Waals surface area contributed by atoms with Crippen molar-refractivity contribution in [3.63, 3.8) is 0 Å². The Morgan fingerprint density at radius 2 is 1.93 bits per heavy atom. The van der Waals surface area contributed by atoms with Gasteiger partial charge in [0.25, 0.3) is 5.91 Å². The number of aryl methyl sites for hydroxylation is 1. The molecule has 0 bridgehead atoms. The molecule has 0 radical (unpaired) electrons. The summed E-state index contributed by atoms with van der Waals surface area (Å²) >= 11 is 0. The first-order valence-corrected chi connectivity index (χ1v) is 9.19. The summed E-state index contributed by atoms with van der Waals surface area (Å²) in [5.41, 5.74) is 2.28. The summed E-state index contributed by atoms with van der Waals surface area (Å²) in [5.74, 6) is -0.149. The number of aromatic nitrogens is 4. The highest BCUT2D eigenvalue weighted by Gasteiger charge is 2.39. The molecule has 1 aliphatic rings. The third-order valence-corrected chi connectivity index (χ3v) is 5.11. The van der Waals surface area contributed by atoms with E-state index in [1.54, 1.807) is 22.0 Å². The van der Waals surface area contributed by atoms with Gasteiger partial charge in [-0.15, -0.1) is 0 Å². The van der Waals surface area contributed by atoms with Gasteiger partial charge in [-0.1, -0.05) is 0 Å². The largest absolute Gasteiger partial charge is 0.351 e. The fourth-order valence-electron chi connectivity index (χ4n) is 3.89. The maximum absolute atomic E-state index is 13.2. The Labute approximate surface area is 159 Å². The van der Waals surface area contributed by atoms with Gasteiger partial charge < -0.3 is 10.2 Å². The molecule has 2 aromatic rings. The smallest absolute Gasteiger partial charge is 0.257 e. The van der Waals surface area contributed by atoms with Crippen molar-refractivity contribution in [3.05, 3.63) is 35.4 Å². The molecule has 3 rings (SSSR count). The molecule has 146 valence electrons. The molecule has 2 amide bonds. The number of amides is 2. The van der Waals surface area contributed by atoms with Crippen LogP contribution in [0.3, 0.4) is 0 Å². The van der Waals surface area contributed by atoms with Gasteiger partial charge in [-0.05, 0) is 33.8 Å². The Kier molecular flexibility index (Phi) is 4.84. The number of carbonyl (C=O) groups excluding carboxylic acids is 2. The van der Waals surface area contributed by atoms with Gasteiger partial charge in [0.2, 0.25) is 5.91 Å². The van der Waals surface area contributed by atoms with E-state index in [4.69, 9.17) is 0 Å². The highest BCUT2D eigenvalue weighted by Crippen LogP contribution is 2.29. The summed E-state index contributed by atoms with van der Waals surface area (Å²) in [5, 5.41) is 11.6. The number of nitrogens with one attached hydrogen (secondary N) is 1. The molecular formula is C19H28N6O2. The lowest BCUT2D eigenvalue weighted by Crippen LogP contribution is -2.39. The van der Waals surface area contributed by atoms with Gasteiger partial charge in [-0.2, -0.15) is 10.2 Å². The lowest BCUT2D eigenvalue weighted by molar-refractivity contribution is -0.119. The fraction of sp³-hybridized carbons (Fsp3) is 0.579. The van der Waals surface area contributed by atoms with E-state index in [1.807, 2.05) is 24.7 Å². The Bertz CT molecular complexity index is 860. The van der Waals surface area contributed by atoms with E-state index in [2.05, 4.69) is 36.3 Å². The third-order valence-electron chi connectivity index (χ3n) is 5.11. The Morgan fingerprint density at radius 3 is 2.44 bits per heavy atom. The minimum Gasteiger partial charge on any atom is -0.351 e. The van der Waals surface area contributed by atoms with Crippen molar-refractivity contribution < 1.29 is 9.59 Å². The summed E-state index contributed by atoms with van der Waals surface area (Å²) in [4.78, 5) is 26.6. The zero-order valence-corrected chi connectivity index (χ0v) is 16.9. The Morgan fingerprint density at radius 1 is 1.22 bits per heavy atom. The van der Waals surface area contributed by atoms with Crippen LogP contribution in [0.2, 0.25) is 0 Å². The average molecular weight is 372 g/mol. The number of hydrogen-bond acceptors (Lipinski definition) is 4. The van der Waals surface area contributed by atoms with Crippen LogP contribution < -0.4 is 5.32 Å². The number of likely N-dealkylation sites (tertiary alicyclic amines) is 1. The zero-order valence-electron chi connectivity index (χ0n) is 16.9. The molecule has 2 aromatic heterocycles. The fourth-order valence-corrected chi connectivity index (χ4v) is 3.89. The van der Waals surface area contributed by atoms with Gasteiger partial charge in [0.15, 0.2) is 0 Å². The van der Waals surface area contributed by atoms with Gasteiger partial charge in [0.1, 0.15) is 0 Å².